The maximum absolute atomic E-state index is 5.85. The predicted octanol–water partition coefficient (Wildman–Crippen LogP) is 2.69. The molecule has 1 N–H and O–H groups in total. The molecule has 2 fully saturated rings. The highest BCUT2D eigenvalue weighted by Crippen LogP contribution is 2.53. The van der Waals surface area contributed by atoms with Gasteiger partial charge >= 0.3 is 0 Å². The highest BCUT2D eigenvalue weighted by molar-refractivity contribution is 6.29. The molecule has 1 atom stereocenters. The lowest BCUT2D eigenvalue weighted by atomic mass is 9.89. The minimum atomic E-state index is 0.451. The Labute approximate surface area is 107 Å². The second-order valence-electron chi connectivity index (χ2n) is 5.24. The van der Waals surface area contributed by atoms with Crippen LogP contribution in [0.5, 0.6) is 0 Å². The van der Waals surface area contributed by atoms with Crippen molar-refractivity contribution in [2.75, 3.05) is 18.4 Å². The summed E-state index contributed by atoms with van der Waals surface area (Å²) in [5, 5.41) is 8.55. The van der Waals surface area contributed by atoms with Crippen LogP contribution in [0.25, 0.3) is 0 Å². The highest BCUT2D eigenvalue weighted by Gasteiger charge is 2.45. The number of nitrogens with one attached hydrogen (secondary N) is 1. The first-order valence-electron chi connectivity index (χ1n) is 6.29. The van der Waals surface area contributed by atoms with Crippen LogP contribution in [0.2, 0.25) is 5.15 Å². The number of anilines is 1. The van der Waals surface area contributed by atoms with E-state index in [0.29, 0.717) is 16.6 Å². The van der Waals surface area contributed by atoms with Crippen molar-refractivity contribution in [3.63, 3.8) is 0 Å². The molecule has 4 heteroatoms. The van der Waals surface area contributed by atoms with Crippen molar-refractivity contribution in [1.29, 1.82) is 0 Å². The Morgan fingerprint density at radius 2 is 2.24 bits per heavy atom. The van der Waals surface area contributed by atoms with E-state index in [0.717, 1.165) is 18.9 Å². The number of pyridine rings is 1. The fourth-order valence-electron chi connectivity index (χ4n) is 2.65. The van der Waals surface area contributed by atoms with Crippen molar-refractivity contribution in [2.45, 2.75) is 31.7 Å². The molecule has 0 unspecified atom stereocenters. The summed E-state index contributed by atoms with van der Waals surface area (Å²) in [5.41, 5.74) is 0.663. The largest absolute Gasteiger partial charge is 0.368 e. The Balaban J connectivity index is 1.53. The van der Waals surface area contributed by atoms with Gasteiger partial charge in [-0.3, -0.25) is 0 Å². The second kappa shape index (κ2) is 4.46. The minimum Gasteiger partial charge on any atom is -0.368 e. The van der Waals surface area contributed by atoms with Crippen LogP contribution < -0.4 is 10.6 Å². The average Bonchev–Trinajstić information content (AvgIpc) is 3.06. The third kappa shape index (κ3) is 2.72. The smallest absolute Gasteiger partial charge is 0.131 e. The van der Waals surface area contributed by atoms with Crippen LogP contribution in [0.4, 0.5) is 5.82 Å². The summed E-state index contributed by atoms with van der Waals surface area (Å²) in [6.45, 7) is 1.92. The van der Waals surface area contributed by atoms with Crippen LogP contribution in [0, 0.1) is 5.41 Å². The van der Waals surface area contributed by atoms with Gasteiger partial charge in [0.05, 0.1) is 0 Å². The molecule has 2 heterocycles. The van der Waals surface area contributed by atoms with E-state index in [2.05, 4.69) is 15.6 Å². The lowest BCUT2D eigenvalue weighted by Gasteiger charge is -2.29. The maximum Gasteiger partial charge on any atom is 0.131 e. The van der Waals surface area contributed by atoms with E-state index in [-0.39, 0.29) is 0 Å². The van der Waals surface area contributed by atoms with Crippen LogP contribution in [-0.4, -0.2) is 24.1 Å². The lowest BCUT2D eigenvalue weighted by molar-refractivity contribution is 0.285. The zero-order valence-electron chi connectivity index (χ0n) is 9.82. The van der Waals surface area contributed by atoms with Crippen molar-refractivity contribution < 1.29 is 0 Å². The molecule has 0 aromatic carbocycles. The van der Waals surface area contributed by atoms with Crippen molar-refractivity contribution in [3.8, 4) is 0 Å². The van der Waals surface area contributed by atoms with Gasteiger partial charge in [0.2, 0.25) is 0 Å². The summed E-state index contributed by atoms with van der Waals surface area (Å²) >= 11 is 5.85. The van der Waals surface area contributed by atoms with E-state index in [1.807, 2.05) is 12.1 Å². The van der Waals surface area contributed by atoms with Gasteiger partial charge in [-0.25, -0.2) is 10.3 Å². The lowest BCUT2D eigenvalue weighted by Crippen LogP contribution is -2.38. The predicted molar refractivity (Wildman–Crippen MR) is 69.4 cm³/mol. The molecule has 3 nitrogen and oxygen atoms in total. The minimum absolute atomic E-state index is 0.451. The van der Waals surface area contributed by atoms with Gasteiger partial charge in [-0.15, -0.1) is 0 Å². The third-order valence-corrected chi connectivity index (χ3v) is 4.10. The summed E-state index contributed by atoms with van der Waals surface area (Å²) in [4.78, 5) is 4.22. The van der Waals surface area contributed by atoms with Crippen LogP contribution in [0.1, 0.15) is 25.7 Å². The first-order valence-corrected chi connectivity index (χ1v) is 6.67. The Morgan fingerprint density at radius 1 is 1.35 bits per heavy atom. The molecule has 3 rings (SSSR count). The van der Waals surface area contributed by atoms with Crippen molar-refractivity contribution >= 4 is 17.4 Å². The fraction of sp³-hybridized carbons (Fsp3) is 0.615. The fourth-order valence-corrected chi connectivity index (χ4v) is 2.81. The molecule has 17 heavy (non-hydrogen) atoms. The Morgan fingerprint density at radius 3 is 3.00 bits per heavy atom. The topological polar surface area (TPSA) is 39.0 Å². The van der Waals surface area contributed by atoms with Gasteiger partial charge in [0.1, 0.15) is 11.0 Å². The van der Waals surface area contributed by atoms with Gasteiger partial charge in [0.15, 0.2) is 0 Å². The number of halogens is 1. The van der Waals surface area contributed by atoms with Gasteiger partial charge in [-0.05, 0) is 43.2 Å². The molecular weight excluding hydrogens is 234 g/mol. The molecule has 2 aliphatic rings. The number of rotatable bonds is 3. The molecule has 91 valence electrons. The first-order chi connectivity index (χ1) is 8.26. The molecule has 1 aliphatic carbocycles. The van der Waals surface area contributed by atoms with Crippen molar-refractivity contribution in [2.24, 2.45) is 5.41 Å². The van der Waals surface area contributed by atoms with Gasteiger partial charge in [-0.2, -0.15) is 0 Å². The summed E-state index contributed by atoms with van der Waals surface area (Å²) in [5.74, 6) is 0.850. The molecule has 1 aromatic rings. The monoisotopic (exact) mass is 250 g/mol. The molecule has 1 spiro atoms. The molecule has 0 amide bonds. The summed E-state index contributed by atoms with van der Waals surface area (Å²) < 4.78 is 0. The number of piperidine rings is 1. The van der Waals surface area contributed by atoms with E-state index < -0.39 is 0 Å². The summed E-state index contributed by atoms with van der Waals surface area (Å²) in [6.07, 6.45) is 5.38. The van der Waals surface area contributed by atoms with Crippen LogP contribution in [0.3, 0.4) is 0 Å². The molecule has 1 radical (unpaired) electrons. The molecule has 1 saturated carbocycles. The van der Waals surface area contributed by atoms with Gasteiger partial charge in [0, 0.05) is 19.1 Å². The van der Waals surface area contributed by atoms with Crippen molar-refractivity contribution in [3.05, 3.63) is 23.4 Å². The maximum atomic E-state index is 5.85. The van der Waals surface area contributed by atoms with Gasteiger partial charge in [0.25, 0.3) is 0 Å². The highest BCUT2D eigenvalue weighted by atomic mass is 35.5. The Bertz CT molecular complexity index is 403. The normalized spacial score (nSPS) is 25.8. The quantitative estimate of drug-likeness (QED) is 0.838. The SMILES string of the molecule is Clc1cccc(NC[C@@H]2CC3(CC[N]2)CC3)n1. The van der Waals surface area contributed by atoms with Crippen LogP contribution in [0.15, 0.2) is 18.2 Å². The van der Waals surface area contributed by atoms with E-state index in [1.54, 1.807) is 6.07 Å². The number of hydrogen-bond acceptors (Lipinski definition) is 2. The Hall–Kier alpha value is -0.800. The number of hydrogen-bond donors (Lipinski definition) is 1. The summed E-state index contributed by atoms with van der Waals surface area (Å²) in [7, 11) is 0. The molecule has 1 saturated heterocycles. The van der Waals surface area contributed by atoms with E-state index in [1.165, 1.54) is 25.7 Å². The van der Waals surface area contributed by atoms with E-state index >= 15 is 0 Å². The standard InChI is InChI=1S/C13H17ClN3/c14-11-2-1-3-12(17-11)16-9-10-8-13(4-5-13)6-7-15-10/h1-3,10H,4-9H2,(H,16,17)/t10-/m0/s1. The average molecular weight is 251 g/mol. The van der Waals surface area contributed by atoms with Gasteiger partial charge in [-0.1, -0.05) is 17.7 Å². The van der Waals surface area contributed by atoms with Crippen LogP contribution >= 0.6 is 11.6 Å². The Kier molecular flexibility index (Phi) is 2.97. The molecule has 0 bridgehead atoms. The van der Waals surface area contributed by atoms with Crippen LogP contribution in [-0.2, 0) is 0 Å². The second-order valence-corrected chi connectivity index (χ2v) is 5.63. The van der Waals surface area contributed by atoms with E-state index in [4.69, 9.17) is 11.6 Å². The molecule has 1 aromatic heterocycles. The number of aromatic nitrogens is 1. The van der Waals surface area contributed by atoms with Crippen molar-refractivity contribution in [1.82, 2.24) is 10.3 Å². The third-order valence-electron chi connectivity index (χ3n) is 3.89. The molecule has 1 aliphatic heterocycles. The zero-order chi connectivity index (χ0) is 11.7. The summed E-state index contributed by atoms with van der Waals surface area (Å²) in [6, 6.07) is 6.10. The zero-order valence-corrected chi connectivity index (χ0v) is 10.6. The van der Waals surface area contributed by atoms with Gasteiger partial charge < -0.3 is 5.32 Å². The molecular formula is C13H17ClN3. The number of nitrogens with zero attached hydrogens (tertiary/aromatic N) is 2. The van der Waals surface area contributed by atoms with E-state index in [9.17, 15) is 0 Å². The first kappa shape index (κ1) is 11.3.